The van der Waals surface area contributed by atoms with Crippen LogP contribution in [0.25, 0.3) is 0 Å². The van der Waals surface area contributed by atoms with Crippen LogP contribution in [0.4, 0.5) is 0 Å². The van der Waals surface area contributed by atoms with Crippen LogP contribution < -0.4 is 0 Å². The molecule has 0 bridgehead atoms. The largest absolute Gasteiger partial charge is 0.341 e. The number of rotatable bonds is 3. The van der Waals surface area contributed by atoms with Crippen molar-refractivity contribution in [3.63, 3.8) is 0 Å². The van der Waals surface area contributed by atoms with E-state index in [2.05, 4.69) is 17.3 Å². The summed E-state index contributed by atoms with van der Waals surface area (Å²) in [5, 5.41) is 3.95. The second-order valence-electron chi connectivity index (χ2n) is 6.41. The zero-order valence-corrected chi connectivity index (χ0v) is 14.8. The molecule has 1 amide bonds. The SMILES string of the molecule is Cn1cc(S(=O)(=O)N2CCCN(C(=O)C3CC=CCC3)CC2)cn1. The van der Waals surface area contributed by atoms with Gasteiger partial charge in [0.1, 0.15) is 4.90 Å². The first-order chi connectivity index (χ1) is 11.5. The maximum absolute atomic E-state index is 12.7. The van der Waals surface area contributed by atoms with Crippen LogP contribution in [-0.4, -0.2) is 59.5 Å². The van der Waals surface area contributed by atoms with Crippen molar-refractivity contribution in [2.75, 3.05) is 26.2 Å². The Kier molecular flexibility index (Phi) is 5.05. The van der Waals surface area contributed by atoms with Crippen LogP contribution in [0, 0.1) is 5.92 Å². The highest BCUT2D eigenvalue weighted by Crippen LogP contribution is 2.22. The van der Waals surface area contributed by atoms with Gasteiger partial charge in [-0.25, -0.2) is 8.42 Å². The van der Waals surface area contributed by atoms with Gasteiger partial charge >= 0.3 is 0 Å². The number of hydrogen-bond donors (Lipinski definition) is 0. The number of sulfonamides is 1. The van der Waals surface area contributed by atoms with Crippen molar-refractivity contribution in [1.82, 2.24) is 19.0 Å². The van der Waals surface area contributed by atoms with E-state index in [1.165, 1.54) is 21.4 Å². The van der Waals surface area contributed by atoms with Gasteiger partial charge in [-0.05, 0) is 25.7 Å². The molecule has 2 aliphatic rings. The summed E-state index contributed by atoms with van der Waals surface area (Å²) >= 11 is 0. The van der Waals surface area contributed by atoms with Gasteiger partial charge in [-0.3, -0.25) is 9.48 Å². The van der Waals surface area contributed by atoms with Gasteiger partial charge in [-0.15, -0.1) is 0 Å². The minimum atomic E-state index is -3.54. The number of aromatic nitrogens is 2. The van der Waals surface area contributed by atoms with E-state index in [1.54, 1.807) is 7.05 Å². The lowest BCUT2D eigenvalue weighted by atomic mass is 9.93. The van der Waals surface area contributed by atoms with E-state index in [9.17, 15) is 13.2 Å². The zero-order chi connectivity index (χ0) is 17.2. The van der Waals surface area contributed by atoms with Crippen LogP contribution in [0.3, 0.4) is 0 Å². The molecule has 1 fully saturated rings. The molecule has 1 aliphatic carbocycles. The van der Waals surface area contributed by atoms with Crippen molar-refractivity contribution in [1.29, 1.82) is 0 Å². The third-order valence-electron chi connectivity index (χ3n) is 4.70. The Bertz CT molecular complexity index is 725. The number of aryl methyl sites for hydroxylation is 1. The molecule has 1 aromatic heterocycles. The van der Waals surface area contributed by atoms with Gasteiger partial charge in [0.05, 0.1) is 6.20 Å². The molecule has 0 N–H and O–H groups in total. The fourth-order valence-electron chi connectivity index (χ4n) is 3.31. The summed E-state index contributed by atoms with van der Waals surface area (Å²) in [6.07, 6.45) is 10.4. The second kappa shape index (κ2) is 7.06. The quantitative estimate of drug-likeness (QED) is 0.761. The Hall–Kier alpha value is -1.67. The molecular weight excluding hydrogens is 328 g/mol. The Morgan fingerprint density at radius 1 is 1.21 bits per heavy atom. The summed E-state index contributed by atoms with van der Waals surface area (Å²) in [5.41, 5.74) is 0. The number of nitrogens with zero attached hydrogens (tertiary/aromatic N) is 4. The van der Waals surface area contributed by atoms with Crippen LogP contribution in [0.2, 0.25) is 0 Å². The number of carbonyl (C=O) groups excluding carboxylic acids is 1. The Balaban J connectivity index is 1.66. The third kappa shape index (κ3) is 3.54. The lowest BCUT2D eigenvalue weighted by molar-refractivity contribution is -0.135. The first-order valence-corrected chi connectivity index (χ1v) is 9.85. The molecule has 0 spiro atoms. The number of allylic oxidation sites excluding steroid dienone is 2. The minimum absolute atomic E-state index is 0.0523. The van der Waals surface area contributed by atoms with Crippen LogP contribution in [-0.2, 0) is 21.9 Å². The predicted octanol–water partition coefficient (Wildman–Crippen LogP) is 0.999. The van der Waals surface area contributed by atoms with Gasteiger partial charge in [0, 0.05) is 45.3 Å². The van der Waals surface area contributed by atoms with Crippen molar-refractivity contribution in [2.45, 2.75) is 30.6 Å². The fraction of sp³-hybridized carbons (Fsp3) is 0.625. The Labute approximate surface area is 143 Å². The van der Waals surface area contributed by atoms with Crippen molar-refractivity contribution >= 4 is 15.9 Å². The monoisotopic (exact) mass is 352 g/mol. The first kappa shape index (κ1) is 17.2. The first-order valence-electron chi connectivity index (χ1n) is 8.41. The summed E-state index contributed by atoms with van der Waals surface area (Å²) in [5.74, 6) is 0.219. The maximum atomic E-state index is 12.7. The van der Waals surface area contributed by atoms with E-state index >= 15 is 0 Å². The molecule has 1 unspecified atom stereocenters. The number of amides is 1. The molecule has 1 saturated heterocycles. The Morgan fingerprint density at radius 2 is 2.04 bits per heavy atom. The summed E-state index contributed by atoms with van der Waals surface area (Å²) in [6.45, 7) is 1.85. The molecule has 3 rings (SSSR count). The summed E-state index contributed by atoms with van der Waals surface area (Å²) in [4.78, 5) is 14.7. The van der Waals surface area contributed by atoms with E-state index < -0.39 is 10.0 Å². The molecule has 1 aromatic rings. The molecule has 24 heavy (non-hydrogen) atoms. The number of carbonyl (C=O) groups is 1. The highest BCUT2D eigenvalue weighted by atomic mass is 32.2. The lowest BCUT2D eigenvalue weighted by Gasteiger charge is -2.26. The normalized spacial score (nSPS) is 23.2. The van der Waals surface area contributed by atoms with Crippen LogP contribution in [0.5, 0.6) is 0 Å². The van der Waals surface area contributed by atoms with E-state index in [0.717, 1.165) is 19.3 Å². The highest BCUT2D eigenvalue weighted by molar-refractivity contribution is 7.89. The van der Waals surface area contributed by atoms with Gasteiger partial charge in [0.2, 0.25) is 15.9 Å². The van der Waals surface area contributed by atoms with Crippen LogP contribution in [0.1, 0.15) is 25.7 Å². The Morgan fingerprint density at radius 3 is 2.71 bits per heavy atom. The molecule has 1 atom stereocenters. The van der Waals surface area contributed by atoms with Gasteiger partial charge in [0.25, 0.3) is 0 Å². The highest BCUT2D eigenvalue weighted by Gasteiger charge is 2.31. The van der Waals surface area contributed by atoms with Crippen LogP contribution in [0.15, 0.2) is 29.4 Å². The van der Waals surface area contributed by atoms with Crippen molar-refractivity contribution in [3.05, 3.63) is 24.5 Å². The molecule has 0 saturated carbocycles. The standard InChI is InChI=1S/C16H24N4O3S/c1-18-13-15(12-17-18)24(22,23)20-9-5-8-19(10-11-20)16(21)14-6-3-2-4-7-14/h2-3,12-14H,4-11H2,1H3. The summed E-state index contributed by atoms with van der Waals surface area (Å²) < 4.78 is 28.3. The van der Waals surface area contributed by atoms with Crippen LogP contribution >= 0.6 is 0 Å². The molecule has 0 aromatic carbocycles. The molecule has 8 heteroatoms. The van der Waals surface area contributed by atoms with Gasteiger partial charge < -0.3 is 4.90 Å². The average Bonchev–Trinajstić information content (AvgIpc) is 2.88. The molecule has 132 valence electrons. The molecular formula is C16H24N4O3S. The van der Waals surface area contributed by atoms with Crippen molar-refractivity contribution in [3.8, 4) is 0 Å². The van der Waals surface area contributed by atoms with Gasteiger partial charge in [0.15, 0.2) is 0 Å². The molecule has 7 nitrogen and oxygen atoms in total. The smallest absolute Gasteiger partial charge is 0.246 e. The summed E-state index contributed by atoms with van der Waals surface area (Å²) in [6, 6.07) is 0. The van der Waals surface area contributed by atoms with Gasteiger partial charge in [-0.1, -0.05) is 12.2 Å². The zero-order valence-electron chi connectivity index (χ0n) is 14.0. The van der Waals surface area contributed by atoms with E-state index in [-0.39, 0.29) is 16.7 Å². The molecule has 0 radical (unpaired) electrons. The third-order valence-corrected chi connectivity index (χ3v) is 6.56. The minimum Gasteiger partial charge on any atom is -0.341 e. The maximum Gasteiger partial charge on any atom is 0.246 e. The van der Waals surface area contributed by atoms with Gasteiger partial charge in [-0.2, -0.15) is 9.40 Å². The topological polar surface area (TPSA) is 75.5 Å². The average molecular weight is 352 g/mol. The van der Waals surface area contributed by atoms with Crippen molar-refractivity contribution < 1.29 is 13.2 Å². The van der Waals surface area contributed by atoms with E-state index in [0.29, 0.717) is 32.6 Å². The number of hydrogen-bond acceptors (Lipinski definition) is 4. The molecule has 2 heterocycles. The van der Waals surface area contributed by atoms with Crippen molar-refractivity contribution in [2.24, 2.45) is 13.0 Å². The molecule has 1 aliphatic heterocycles. The van der Waals surface area contributed by atoms with E-state index in [4.69, 9.17) is 0 Å². The summed E-state index contributed by atoms with van der Waals surface area (Å²) in [7, 11) is -1.84. The lowest BCUT2D eigenvalue weighted by Crippen LogP contribution is -2.40. The predicted molar refractivity (Wildman–Crippen MR) is 89.6 cm³/mol. The van der Waals surface area contributed by atoms with E-state index in [1.807, 2.05) is 4.90 Å². The second-order valence-corrected chi connectivity index (χ2v) is 8.35. The fourth-order valence-corrected chi connectivity index (χ4v) is 4.77.